The molecule has 2 N–H and O–H groups in total. The zero-order valence-corrected chi connectivity index (χ0v) is 18.5. The second-order valence-corrected chi connectivity index (χ2v) is 7.62. The first-order chi connectivity index (χ1) is 16.2. The molecule has 6 nitrogen and oxygen atoms in total. The Morgan fingerprint density at radius 1 is 0.879 bits per heavy atom. The Morgan fingerprint density at radius 3 is 2.39 bits per heavy atom. The highest BCUT2D eigenvalue weighted by Gasteiger charge is 2.05. The Morgan fingerprint density at radius 2 is 1.61 bits per heavy atom. The molecule has 1 aromatic heterocycles. The number of rotatable bonds is 9. The van der Waals surface area contributed by atoms with Crippen molar-refractivity contribution in [3.05, 3.63) is 96.8 Å². The summed E-state index contributed by atoms with van der Waals surface area (Å²) < 4.78 is 5.75. The van der Waals surface area contributed by atoms with E-state index < -0.39 is 0 Å². The van der Waals surface area contributed by atoms with Crippen molar-refractivity contribution in [1.29, 1.82) is 0 Å². The van der Waals surface area contributed by atoms with Crippen molar-refractivity contribution in [3.8, 4) is 17.0 Å². The van der Waals surface area contributed by atoms with Crippen LogP contribution in [0.15, 0.2) is 91.3 Å². The second kappa shape index (κ2) is 10.9. The number of amides is 1. The third-order valence-electron chi connectivity index (χ3n) is 5.08. The van der Waals surface area contributed by atoms with E-state index in [0.717, 1.165) is 33.9 Å². The minimum Gasteiger partial charge on any atom is -0.493 e. The lowest BCUT2D eigenvalue weighted by Crippen LogP contribution is -2.12. The summed E-state index contributed by atoms with van der Waals surface area (Å²) in [5, 5.41) is 6.20. The van der Waals surface area contributed by atoms with E-state index in [1.165, 1.54) is 0 Å². The smallest absolute Gasteiger partial charge is 0.224 e. The fourth-order valence-electron chi connectivity index (χ4n) is 3.33. The standard InChI is InChI=1S/C27H26N4O2/c1-20-8-5-6-11-25(20)33-17-7-12-27(32)31-23-15-13-22(14-16-23)30-26-18-24(28-19-29-26)21-9-3-2-4-10-21/h2-6,8-11,13-16,18-19H,7,12,17H2,1H3,(H,31,32)(H,28,29,30). The Bertz CT molecular complexity index is 1190. The number of nitrogens with zero attached hydrogens (tertiary/aromatic N) is 2. The lowest BCUT2D eigenvalue weighted by atomic mass is 10.1. The summed E-state index contributed by atoms with van der Waals surface area (Å²) in [6, 6.07) is 27.3. The van der Waals surface area contributed by atoms with Crippen LogP contribution < -0.4 is 15.4 Å². The van der Waals surface area contributed by atoms with Gasteiger partial charge in [-0.1, -0.05) is 48.5 Å². The monoisotopic (exact) mass is 438 g/mol. The molecule has 0 radical (unpaired) electrons. The molecule has 0 saturated carbocycles. The van der Waals surface area contributed by atoms with Crippen LogP contribution in [0.2, 0.25) is 0 Å². The second-order valence-electron chi connectivity index (χ2n) is 7.62. The quantitative estimate of drug-likeness (QED) is 0.314. The molecule has 1 amide bonds. The molecular formula is C27H26N4O2. The Labute approximate surface area is 193 Å². The maximum atomic E-state index is 12.2. The van der Waals surface area contributed by atoms with Crippen LogP contribution in [-0.2, 0) is 4.79 Å². The number of anilines is 3. The van der Waals surface area contributed by atoms with Crippen LogP contribution in [0.3, 0.4) is 0 Å². The molecule has 33 heavy (non-hydrogen) atoms. The van der Waals surface area contributed by atoms with E-state index in [9.17, 15) is 4.79 Å². The fraction of sp³-hybridized carbons (Fsp3) is 0.148. The van der Waals surface area contributed by atoms with Crippen molar-refractivity contribution in [2.24, 2.45) is 0 Å². The van der Waals surface area contributed by atoms with Gasteiger partial charge in [0.15, 0.2) is 0 Å². The zero-order chi connectivity index (χ0) is 22.9. The van der Waals surface area contributed by atoms with E-state index in [-0.39, 0.29) is 5.91 Å². The summed E-state index contributed by atoms with van der Waals surface area (Å²) in [4.78, 5) is 20.9. The molecule has 0 aliphatic carbocycles. The van der Waals surface area contributed by atoms with E-state index >= 15 is 0 Å². The number of carbonyl (C=O) groups excluding carboxylic acids is 1. The first kappa shape index (κ1) is 22.0. The highest BCUT2D eigenvalue weighted by atomic mass is 16.5. The van der Waals surface area contributed by atoms with Gasteiger partial charge in [-0.3, -0.25) is 4.79 Å². The molecule has 1 heterocycles. The number of aromatic nitrogens is 2. The topological polar surface area (TPSA) is 76.1 Å². The third kappa shape index (κ3) is 6.40. The normalized spacial score (nSPS) is 10.5. The summed E-state index contributed by atoms with van der Waals surface area (Å²) in [5.74, 6) is 1.53. The van der Waals surface area contributed by atoms with E-state index in [2.05, 4.69) is 20.6 Å². The number of nitrogens with one attached hydrogen (secondary N) is 2. The van der Waals surface area contributed by atoms with Gasteiger partial charge in [0, 0.05) is 29.4 Å². The van der Waals surface area contributed by atoms with Crippen LogP contribution in [0.5, 0.6) is 5.75 Å². The van der Waals surface area contributed by atoms with Gasteiger partial charge in [-0.15, -0.1) is 0 Å². The molecule has 0 fully saturated rings. The van der Waals surface area contributed by atoms with Crippen molar-refractivity contribution in [2.45, 2.75) is 19.8 Å². The Kier molecular flexibility index (Phi) is 7.28. The first-order valence-electron chi connectivity index (χ1n) is 10.9. The summed E-state index contributed by atoms with van der Waals surface area (Å²) in [7, 11) is 0. The van der Waals surface area contributed by atoms with Gasteiger partial charge in [-0.2, -0.15) is 0 Å². The summed E-state index contributed by atoms with van der Waals surface area (Å²) >= 11 is 0. The van der Waals surface area contributed by atoms with Crippen molar-refractivity contribution >= 4 is 23.1 Å². The molecular weight excluding hydrogens is 412 g/mol. The summed E-state index contributed by atoms with van der Waals surface area (Å²) in [5.41, 5.74) is 4.60. The van der Waals surface area contributed by atoms with Gasteiger partial charge in [-0.25, -0.2) is 9.97 Å². The van der Waals surface area contributed by atoms with Gasteiger partial charge in [0.1, 0.15) is 17.9 Å². The summed E-state index contributed by atoms with van der Waals surface area (Å²) in [6.45, 7) is 2.51. The average Bonchev–Trinajstić information content (AvgIpc) is 2.85. The van der Waals surface area contributed by atoms with Gasteiger partial charge < -0.3 is 15.4 Å². The molecule has 4 rings (SSSR count). The predicted molar refractivity (Wildman–Crippen MR) is 132 cm³/mol. The SMILES string of the molecule is Cc1ccccc1OCCCC(=O)Nc1ccc(Nc2cc(-c3ccccc3)ncn2)cc1. The largest absolute Gasteiger partial charge is 0.493 e. The number of ether oxygens (including phenoxy) is 1. The van der Waals surface area contributed by atoms with Gasteiger partial charge in [0.05, 0.1) is 12.3 Å². The number of aryl methyl sites for hydroxylation is 1. The Hall–Kier alpha value is -4.19. The molecule has 0 atom stereocenters. The fourth-order valence-corrected chi connectivity index (χ4v) is 3.33. The molecule has 0 aliphatic rings. The van der Waals surface area contributed by atoms with Crippen LogP contribution in [0.1, 0.15) is 18.4 Å². The molecule has 0 saturated heterocycles. The van der Waals surface area contributed by atoms with Crippen LogP contribution in [-0.4, -0.2) is 22.5 Å². The molecule has 0 aliphatic heterocycles. The van der Waals surface area contributed by atoms with Gasteiger partial charge >= 0.3 is 0 Å². The Balaban J connectivity index is 1.25. The first-order valence-corrected chi connectivity index (χ1v) is 10.9. The summed E-state index contributed by atoms with van der Waals surface area (Å²) in [6.07, 6.45) is 2.59. The van der Waals surface area contributed by atoms with Crippen molar-refractivity contribution < 1.29 is 9.53 Å². The van der Waals surface area contributed by atoms with Gasteiger partial charge in [-0.05, 0) is 49.2 Å². The van der Waals surface area contributed by atoms with Gasteiger partial charge in [0.25, 0.3) is 0 Å². The lowest BCUT2D eigenvalue weighted by molar-refractivity contribution is -0.116. The number of hydrogen-bond acceptors (Lipinski definition) is 5. The zero-order valence-electron chi connectivity index (χ0n) is 18.5. The van der Waals surface area contributed by atoms with Crippen LogP contribution >= 0.6 is 0 Å². The molecule has 0 bridgehead atoms. The number of para-hydroxylation sites is 1. The third-order valence-corrected chi connectivity index (χ3v) is 5.08. The molecule has 3 aromatic carbocycles. The number of benzene rings is 3. The van der Waals surface area contributed by atoms with Crippen molar-refractivity contribution in [1.82, 2.24) is 9.97 Å². The van der Waals surface area contributed by atoms with E-state index in [1.54, 1.807) is 6.33 Å². The van der Waals surface area contributed by atoms with Crippen LogP contribution in [0, 0.1) is 6.92 Å². The number of carbonyl (C=O) groups is 1. The molecule has 6 heteroatoms. The van der Waals surface area contributed by atoms with E-state index in [1.807, 2.05) is 91.9 Å². The van der Waals surface area contributed by atoms with E-state index in [0.29, 0.717) is 25.3 Å². The highest BCUT2D eigenvalue weighted by molar-refractivity contribution is 5.90. The average molecular weight is 439 g/mol. The van der Waals surface area contributed by atoms with Crippen LogP contribution in [0.25, 0.3) is 11.3 Å². The lowest BCUT2D eigenvalue weighted by Gasteiger charge is -2.10. The maximum Gasteiger partial charge on any atom is 0.224 e. The minimum absolute atomic E-state index is 0.0348. The molecule has 166 valence electrons. The van der Waals surface area contributed by atoms with Crippen LogP contribution in [0.4, 0.5) is 17.2 Å². The van der Waals surface area contributed by atoms with Crippen molar-refractivity contribution in [2.75, 3.05) is 17.2 Å². The molecule has 0 spiro atoms. The van der Waals surface area contributed by atoms with E-state index in [4.69, 9.17) is 4.74 Å². The molecule has 4 aromatic rings. The van der Waals surface area contributed by atoms with Gasteiger partial charge in [0.2, 0.25) is 5.91 Å². The predicted octanol–water partition coefficient (Wildman–Crippen LogP) is 5.99. The van der Waals surface area contributed by atoms with Crippen molar-refractivity contribution in [3.63, 3.8) is 0 Å². The number of hydrogen-bond donors (Lipinski definition) is 2. The highest BCUT2D eigenvalue weighted by Crippen LogP contribution is 2.22. The molecule has 0 unspecified atom stereocenters. The maximum absolute atomic E-state index is 12.2. The minimum atomic E-state index is -0.0348.